The fraction of sp³-hybridized carbons (Fsp3) is 0. The van der Waals surface area contributed by atoms with Gasteiger partial charge in [-0.25, -0.2) is 9.97 Å². The number of hydrogen-bond donors (Lipinski definition) is 1. The Kier molecular flexibility index (Phi) is 5.11. The van der Waals surface area contributed by atoms with E-state index >= 15 is 0 Å². The molecule has 4 rings (SSSR count). The molecule has 7 heteroatoms. The summed E-state index contributed by atoms with van der Waals surface area (Å²) in [7, 11) is 0. The molecule has 0 aliphatic carbocycles. The second kappa shape index (κ2) is 8.18. The lowest BCUT2D eigenvalue weighted by Crippen LogP contribution is -2.31. The zero-order valence-corrected chi connectivity index (χ0v) is 15.2. The van der Waals surface area contributed by atoms with Gasteiger partial charge in [0, 0.05) is 12.4 Å². The normalized spacial score (nSPS) is 10.3. The molecule has 0 saturated heterocycles. The topological polar surface area (TPSA) is 97.7 Å². The van der Waals surface area contributed by atoms with Gasteiger partial charge in [0.15, 0.2) is 0 Å². The van der Waals surface area contributed by atoms with E-state index in [1.165, 1.54) is 12.1 Å². The quantitative estimate of drug-likeness (QED) is 0.545. The first-order valence-corrected chi connectivity index (χ1v) is 8.83. The number of hydrogen-bond acceptors (Lipinski definition) is 6. The predicted molar refractivity (Wildman–Crippen MR) is 107 cm³/mol. The van der Waals surface area contributed by atoms with E-state index in [2.05, 4.69) is 25.3 Å². The maximum Gasteiger partial charge on any atom is 0.276 e. The number of aromatic nitrogens is 4. The van der Waals surface area contributed by atoms with Crippen molar-refractivity contribution in [3.05, 3.63) is 96.6 Å². The van der Waals surface area contributed by atoms with Gasteiger partial charge in [0.25, 0.3) is 11.8 Å². The molecular formula is C22H15N5O2. The fourth-order valence-corrected chi connectivity index (χ4v) is 2.67. The van der Waals surface area contributed by atoms with Crippen molar-refractivity contribution in [3.8, 4) is 22.8 Å². The van der Waals surface area contributed by atoms with E-state index in [9.17, 15) is 9.59 Å². The number of rotatable bonds is 4. The number of carbonyl (C=O) groups is 2. The third-order valence-electron chi connectivity index (χ3n) is 4.05. The van der Waals surface area contributed by atoms with E-state index in [0.717, 1.165) is 0 Å². The number of pyridine rings is 4. The van der Waals surface area contributed by atoms with E-state index in [1.54, 1.807) is 60.9 Å². The van der Waals surface area contributed by atoms with Crippen molar-refractivity contribution in [2.24, 2.45) is 0 Å². The number of nitrogens with one attached hydrogen (secondary N) is 1. The van der Waals surface area contributed by atoms with Crippen LogP contribution in [0.3, 0.4) is 0 Å². The highest BCUT2D eigenvalue weighted by Gasteiger charge is 2.16. The third kappa shape index (κ3) is 4.19. The summed E-state index contributed by atoms with van der Waals surface area (Å²) < 4.78 is 0. The zero-order valence-electron chi connectivity index (χ0n) is 15.2. The van der Waals surface area contributed by atoms with Crippen molar-refractivity contribution < 1.29 is 9.59 Å². The second-order valence-electron chi connectivity index (χ2n) is 6.03. The Balaban J connectivity index is 1.53. The Morgan fingerprint density at radius 3 is 1.41 bits per heavy atom. The van der Waals surface area contributed by atoms with Crippen LogP contribution in [0.15, 0.2) is 85.2 Å². The molecule has 4 heterocycles. The van der Waals surface area contributed by atoms with Gasteiger partial charge in [-0.15, -0.1) is 0 Å². The average molecular weight is 381 g/mol. The highest BCUT2D eigenvalue weighted by Crippen LogP contribution is 2.15. The van der Waals surface area contributed by atoms with Crippen molar-refractivity contribution in [3.63, 3.8) is 0 Å². The van der Waals surface area contributed by atoms with Crippen LogP contribution in [0.2, 0.25) is 0 Å². The van der Waals surface area contributed by atoms with E-state index in [1.807, 2.05) is 12.1 Å². The predicted octanol–water partition coefficient (Wildman–Crippen LogP) is 3.17. The lowest BCUT2D eigenvalue weighted by atomic mass is 10.2. The summed E-state index contributed by atoms with van der Waals surface area (Å²) >= 11 is 0. The Bertz CT molecular complexity index is 1070. The first-order valence-electron chi connectivity index (χ1n) is 8.83. The Labute approximate surface area is 166 Å². The molecule has 0 atom stereocenters. The van der Waals surface area contributed by atoms with Gasteiger partial charge < -0.3 is 0 Å². The molecule has 29 heavy (non-hydrogen) atoms. The first kappa shape index (κ1) is 18.1. The molecule has 0 radical (unpaired) electrons. The molecule has 7 nitrogen and oxygen atoms in total. The van der Waals surface area contributed by atoms with Gasteiger partial charge in [0.1, 0.15) is 11.4 Å². The maximum atomic E-state index is 12.5. The van der Waals surface area contributed by atoms with Gasteiger partial charge in [-0.05, 0) is 48.5 Å². The molecule has 1 N–H and O–H groups in total. The summed E-state index contributed by atoms with van der Waals surface area (Å²) in [5.74, 6) is -1.23. The van der Waals surface area contributed by atoms with E-state index in [-0.39, 0.29) is 11.4 Å². The average Bonchev–Trinajstić information content (AvgIpc) is 2.80. The molecule has 140 valence electrons. The summed E-state index contributed by atoms with van der Waals surface area (Å²) in [4.78, 5) is 42.1. The summed E-state index contributed by atoms with van der Waals surface area (Å²) in [6.07, 6.45) is 3.29. The van der Waals surface area contributed by atoms with Crippen molar-refractivity contribution in [2.75, 3.05) is 0 Å². The largest absolute Gasteiger partial charge is 0.285 e. The second-order valence-corrected chi connectivity index (χ2v) is 6.03. The highest BCUT2D eigenvalue weighted by atomic mass is 16.2. The molecule has 0 aliphatic rings. The van der Waals surface area contributed by atoms with Crippen LogP contribution in [0.1, 0.15) is 21.0 Å². The minimum absolute atomic E-state index is 0.113. The minimum atomic E-state index is -0.613. The zero-order chi connectivity index (χ0) is 20.1. The number of amides is 2. The van der Waals surface area contributed by atoms with Crippen LogP contribution < -0.4 is 5.32 Å². The Morgan fingerprint density at radius 2 is 1.00 bits per heavy atom. The van der Waals surface area contributed by atoms with Crippen LogP contribution in [0, 0.1) is 0 Å². The summed E-state index contributed by atoms with van der Waals surface area (Å²) in [6.45, 7) is 0. The maximum absolute atomic E-state index is 12.5. The van der Waals surface area contributed by atoms with Crippen LogP contribution in [-0.2, 0) is 0 Å². The van der Waals surface area contributed by atoms with Gasteiger partial charge in [0.2, 0.25) is 0 Å². The van der Waals surface area contributed by atoms with Crippen LogP contribution in [0.25, 0.3) is 22.8 Å². The fourth-order valence-electron chi connectivity index (χ4n) is 2.67. The van der Waals surface area contributed by atoms with Crippen LogP contribution in [0.4, 0.5) is 0 Å². The summed E-state index contributed by atoms with van der Waals surface area (Å²) in [5.41, 5.74) is 2.59. The summed E-state index contributed by atoms with van der Waals surface area (Å²) in [5, 5.41) is 2.33. The Morgan fingerprint density at radius 1 is 0.552 bits per heavy atom. The standard InChI is InChI=1S/C22H15N5O2/c28-21(19-11-5-9-17(25-19)15-7-1-3-13-23-15)27-22(29)20-12-6-10-18(26-20)16-8-2-4-14-24-16/h1-14H,(H,27,28,29). The molecule has 0 saturated carbocycles. The molecule has 0 bridgehead atoms. The number of nitrogens with zero attached hydrogens (tertiary/aromatic N) is 4. The van der Waals surface area contributed by atoms with Gasteiger partial charge in [0.05, 0.1) is 22.8 Å². The first-order chi connectivity index (χ1) is 14.2. The lowest BCUT2D eigenvalue weighted by molar-refractivity contribution is 0.0843. The van der Waals surface area contributed by atoms with Crippen molar-refractivity contribution in [2.45, 2.75) is 0 Å². The van der Waals surface area contributed by atoms with E-state index < -0.39 is 11.8 Å². The summed E-state index contributed by atoms with van der Waals surface area (Å²) in [6, 6.07) is 20.8. The van der Waals surface area contributed by atoms with Gasteiger partial charge in [-0.3, -0.25) is 24.9 Å². The third-order valence-corrected chi connectivity index (χ3v) is 4.05. The van der Waals surface area contributed by atoms with Crippen molar-refractivity contribution >= 4 is 11.8 Å². The molecule has 0 aliphatic heterocycles. The smallest absolute Gasteiger partial charge is 0.276 e. The minimum Gasteiger partial charge on any atom is -0.285 e. The monoisotopic (exact) mass is 381 g/mol. The lowest BCUT2D eigenvalue weighted by Gasteiger charge is -2.06. The van der Waals surface area contributed by atoms with Crippen LogP contribution in [-0.4, -0.2) is 31.8 Å². The van der Waals surface area contributed by atoms with E-state index in [4.69, 9.17) is 0 Å². The van der Waals surface area contributed by atoms with Gasteiger partial charge in [-0.1, -0.05) is 24.3 Å². The number of carbonyl (C=O) groups excluding carboxylic acids is 2. The van der Waals surface area contributed by atoms with Crippen molar-refractivity contribution in [1.29, 1.82) is 0 Å². The van der Waals surface area contributed by atoms with Crippen LogP contribution >= 0.6 is 0 Å². The number of imide groups is 1. The molecular weight excluding hydrogens is 366 g/mol. The molecule has 4 aromatic heterocycles. The van der Waals surface area contributed by atoms with Crippen molar-refractivity contribution in [1.82, 2.24) is 25.3 Å². The van der Waals surface area contributed by atoms with Crippen LogP contribution in [0.5, 0.6) is 0 Å². The molecule has 0 aromatic carbocycles. The highest BCUT2D eigenvalue weighted by molar-refractivity contribution is 6.09. The molecule has 4 aromatic rings. The molecule has 0 unspecified atom stereocenters. The molecule has 2 amide bonds. The van der Waals surface area contributed by atoms with Gasteiger partial charge in [-0.2, -0.15) is 0 Å². The molecule has 0 fully saturated rings. The SMILES string of the molecule is O=C(NC(=O)c1cccc(-c2ccccn2)n1)c1cccc(-c2ccccn2)n1. The Hall–Kier alpha value is -4.26. The molecule has 0 spiro atoms. The van der Waals surface area contributed by atoms with E-state index in [0.29, 0.717) is 22.8 Å². The van der Waals surface area contributed by atoms with Gasteiger partial charge >= 0.3 is 0 Å².